The van der Waals surface area contributed by atoms with E-state index in [-0.39, 0.29) is 5.91 Å². The monoisotopic (exact) mass is 270 g/mol. The molecule has 1 aliphatic heterocycles. The molecule has 0 aliphatic carbocycles. The van der Waals surface area contributed by atoms with Crippen LogP contribution in [0.4, 0.5) is 0 Å². The van der Waals surface area contributed by atoms with Crippen LogP contribution in [0.25, 0.3) is 11.0 Å². The van der Waals surface area contributed by atoms with Crippen molar-refractivity contribution in [3.05, 3.63) is 48.7 Å². The molecule has 1 saturated heterocycles. The molecule has 4 nitrogen and oxygen atoms in total. The highest BCUT2D eigenvalue weighted by atomic mass is 16.3. The van der Waals surface area contributed by atoms with Gasteiger partial charge in [-0.25, -0.2) is 0 Å². The number of rotatable bonds is 3. The van der Waals surface area contributed by atoms with E-state index < -0.39 is 0 Å². The molecule has 0 bridgehead atoms. The molecule has 0 spiro atoms. The molecule has 0 saturated carbocycles. The van der Waals surface area contributed by atoms with Crippen LogP contribution in [0.15, 0.2) is 47.4 Å². The Bertz CT molecular complexity index is 591. The Balaban J connectivity index is 1.62. The fourth-order valence-corrected chi connectivity index (χ4v) is 2.59. The van der Waals surface area contributed by atoms with Crippen LogP contribution in [0, 0.1) is 0 Å². The van der Waals surface area contributed by atoms with Gasteiger partial charge in [-0.05, 0) is 18.2 Å². The first kappa shape index (κ1) is 12.9. The molecule has 0 atom stereocenters. The number of amides is 1. The van der Waals surface area contributed by atoms with E-state index in [0.29, 0.717) is 0 Å². The van der Waals surface area contributed by atoms with E-state index in [1.54, 1.807) is 0 Å². The molecular formula is C16H18N2O2. The summed E-state index contributed by atoms with van der Waals surface area (Å²) in [4.78, 5) is 15.7. The number of furan rings is 1. The normalized spacial score (nSPS) is 16.5. The Morgan fingerprint density at radius 1 is 1.25 bits per heavy atom. The Labute approximate surface area is 118 Å². The Kier molecular flexibility index (Phi) is 3.56. The number of piperazine rings is 1. The van der Waals surface area contributed by atoms with Gasteiger partial charge in [-0.1, -0.05) is 24.8 Å². The van der Waals surface area contributed by atoms with Gasteiger partial charge in [0.15, 0.2) is 0 Å². The lowest BCUT2D eigenvalue weighted by Gasteiger charge is -2.33. The van der Waals surface area contributed by atoms with Gasteiger partial charge in [-0.3, -0.25) is 9.69 Å². The van der Waals surface area contributed by atoms with Gasteiger partial charge in [0.05, 0.1) is 6.54 Å². The van der Waals surface area contributed by atoms with Crippen LogP contribution in [0.3, 0.4) is 0 Å². The van der Waals surface area contributed by atoms with E-state index in [0.717, 1.165) is 49.5 Å². The topological polar surface area (TPSA) is 36.7 Å². The van der Waals surface area contributed by atoms with Crippen LogP contribution in [0.1, 0.15) is 5.76 Å². The first-order valence-corrected chi connectivity index (χ1v) is 6.87. The highest BCUT2D eigenvalue weighted by Gasteiger charge is 2.20. The number of carbonyl (C=O) groups excluding carboxylic acids is 1. The van der Waals surface area contributed by atoms with E-state index >= 15 is 0 Å². The zero-order valence-electron chi connectivity index (χ0n) is 11.4. The maximum atomic E-state index is 11.5. The summed E-state index contributed by atoms with van der Waals surface area (Å²) in [5, 5.41) is 1.14. The molecule has 2 heterocycles. The zero-order valence-corrected chi connectivity index (χ0v) is 11.4. The minimum atomic E-state index is 0.0217. The maximum absolute atomic E-state index is 11.5. The number of carbonyl (C=O) groups is 1. The lowest BCUT2D eigenvalue weighted by Crippen LogP contribution is -2.47. The van der Waals surface area contributed by atoms with E-state index in [9.17, 15) is 4.79 Å². The summed E-state index contributed by atoms with van der Waals surface area (Å²) < 4.78 is 5.83. The Hall–Kier alpha value is -2.07. The Morgan fingerprint density at radius 3 is 2.70 bits per heavy atom. The van der Waals surface area contributed by atoms with Gasteiger partial charge in [-0.2, -0.15) is 0 Å². The summed E-state index contributed by atoms with van der Waals surface area (Å²) in [6.07, 6.45) is 1.38. The van der Waals surface area contributed by atoms with Crippen LogP contribution < -0.4 is 0 Å². The lowest BCUT2D eigenvalue weighted by atomic mass is 10.2. The van der Waals surface area contributed by atoms with E-state index in [2.05, 4.69) is 23.6 Å². The molecule has 2 aromatic rings. The third-order valence-corrected chi connectivity index (χ3v) is 3.71. The largest absolute Gasteiger partial charge is 0.460 e. The second kappa shape index (κ2) is 5.51. The second-order valence-corrected chi connectivity index (χ2v) is 5.06. The number of hydrogen-bond acceptors (Lipinski definition) is 3. The third-order valence-electron chi connectivity index (χ3n) is 3.71. The molecule has 4 heteroatoms. The quantitative estimate of drug-likeness (QED) is 0.803. The number of fused-ring (bicyclic) bond motifs is 1. The third kappa shape index (κ3) is 2.60. The molecule has 0 N–H and O–H groups in total. The van der Waals surface area contributed by atoms with Gasteiger partial charge in [0.1, 0.15) is 11.3 Å². The van der Waals surface area contributed by atoms with Crippen LogP contribution in [-0.4, -0.2) is 41.9 Å². The van der Waals surface area contributed by atoms with E-state index in [4.69, 9.17) is 4.42 Å². The van der Waals surface area contributed by atoms with Gasteiger partial charge in [0.25, 0.3) is 0 Å². The summed E-state index contributed by atoms with van der Waals surface area (Å²) in [6.45, 7) is 7.58. The van der Waals surface area contributed by atoms with Crippen LogP contribution in [0.5, 0.6) is 0 Å². The maximum Gasteiger partial charge on any atom is 0.246 e. The molecule has 0 unspecified atom stereocenters. The fraction of sp³-hybridized carbons (Fsp3) is 0.312. The smallest absolute Gasteiger partial charge is 0.246 e. The van der Waals surface area contributed by atoms with Crippen molar-refractivity contribution in [1.82, 2.24) is 9.80 Å². The van der Waals surface area contributed by atoms with E-state index in [1.807, 2.05) is 23.1 Å². The molecule has 1 aliphatic rings. The van der Waals surface area contributed by atoms with E-state index in [1.165, 1.54) is 6.08 Å². The van der Waals surface area contributed by atoms with Crippen molar-refractivity contribution >= 4 is 16.9 Å². The van der Waals surface area contributed by atoms with Crippen LogP contribution in [0.2, 0.25) is 0 Å². The predicted molar refractivity (Wildman–Crippen MR) is 78.3 cm³/mol. The highest BCUT2D eigenvalue weighted by Crippen LogP contribution is 2.20. The summed E-state index contributed by atoms with van der Waals surface area (Å²) >= 11 is 0. The molecule has 3 rings (SSSR count). The number of para-hydroxylation sites is 1. The second-order valence-electron chi connectivity index (χ2n) is 5.06. The lowest BCUT2D eigenvalue weighted by molar-refractivity contribution is -0.127. The van der Waals surface area contributed by atoms with Crippen molar-refractivity contribution in [2.75, 3.05) is 26.2 Å². The Morgan fingerprint density at radius 2 is 2.00 bits per heavy atom. The van der Waals surface area contributed by atoms with Crippen LogP contribution in [-0.2, 0) is 11.3 Å². The van der Waals surface area contributed by atoms with Crippen molar-refractivity contribution < 1.29 is 9.21 Å². The van der Waals surface area contributed by atoms with Crippen molar-refractivity contribution in [2.45, 2.75) is 6.54 Å². The predicted octanol–water partition coefficient (Wildman–Crippen LogP) is 2.26. The SMILES string of the molecule is C=CC(=O)N1CCN(Cc2cc3ccccc3o2)CC1. The summed E-state index contributed by atoms with van der Waals surface area (Å²) in [5.41, 5.74) is 0.933. The van der Waals surface area contributed by atoms with Gasteiger partial charge in [0.2, 0.25) is 5.91 Å². The minimum absolute atomic E-state index is 0.0217. The summed E-state index contributed by atoms with van der Waals surface area (Å²) in [7, 11) is 0. The molecule has 1 fully saturated rings. The molecule has 20 heavy (non-hydrogen) atoms. The van der Waals surface area contributed by atoms with Gasteiger partial charge < -0.3 is 9.32 Å². The fourth-order valence-electron chi connectivity index (χ4n) is 2.59. The van der Waals surface area contributed by atoms with Crippen molar-refractivity contribution in [3.63, 3.8) is 0 Å². The minimum Gasteiger partial charge on any atom is -0.460 e. The zero-order chi connectivity index (χ0) is 13.9. The molecule has 0 radical (unpaired) electrons. The molecule has 1 amide bonds. The average molecular weight is 270 g/mol. The van der Waals surface area contributed by atoms with Crippen molar-refractivity contribution in [3.8, 4) is 0 Å². The highest BCUT2D eigenvalue weighted by molar-refractivity contribution is 5.87. The average Bonchev–Trinajstić information content (AvgIpc) is 2.89. The first-order chi connectivity index (χ1) is 9.76. The first-order valence-electron chi connectivity index (χ1n) is 6.87. The molecule has 1 aromatic heterocycles. The molecule has 104 valence electrons. The number of hydrogen-bond donors (Lipinski definition) is 0. The standard InChI is InChI=1S/C16H18N2O2/c1-2-16(19)18-9-7-17(8-10-18)12-14-11-13-5-3-4-6-15(13)20-14/h2-6,11H,1,7-10,12H2. The van der Waals surface area contributed by atoms with Gasteiger partial charge >= 0.3 is 0 Å². The van der Waals surface area contributed by atoms with Crippen molar-refractivity contribution in [1.29, 1.82) is 0 Å². The summed E-state index contributed by atoms with van der Waals surface area (Å²) in [5.74, 6) is 1.00. The van der Waals surface area contributed by atoms with Gasteiger partial charge in [-0.15, -0.1) is 0 Å². The van der Waals surface area contributed by atoms with Gasteiger partial charge in [0, 0.05) is 31.6 Å². The molecular weight excluding hydrogens is 252 g/mol. The summed E-state index contributed by atoms with van der Waals surface area (Å²) in [6, 6.07) is 10.1. The van der Waals surface area contributed by atoms with Crippen molar-refractivity contribution in [2.24, 2.45) is 0 Å². The molecule has 1 aromatic carbocycles. The number of nitrogens with zero attached hydrogens (tertiary/aromatic N) is 2. The van der Waals surface area contributed by atoms with Crippen LogP contribution >= 0.6 is 0 Å². The number of benzene rings is 1.